The number of halogens is 1. The summed E-state index contributed by atoms with van der Waals surface area (Å²) in [5.74, 6) is -0.714. The van der Waals surface area contributed by atoms with Gasteiger partial charge in [0.25, 0.3) is 5.91 Å². The number of hydrogen-bond acceptors (Lipinski definition) is 3. The molecule has 0 saturated heterocycles. The summed E-state index contributed by atoms with van der Waals surface area (Å²) in [4.78, 5) is 12.4. The van der Waals surface area contributed by atoms with Gasteiger partial charge in [-0.15, -0.1) is 0 Å². The van der Waals surface area contributed by atoms with Crippen LogP contribution < -0.4 is 5.32 Å². The molecule has 0 aliphatic heterocycles. The van der Waals surface area contributed by atoms with Crippen molar-refractivity contribution in [3.8, 4) is 0 Å². The van der Waals surface area contributed by atoms with Crippen LogP contribution in [0.5, 0.6) is 0 Å². The van der Waals surface area contributed by atoms with Gasteiger partial charge in [-0.05, 0) is 30.2 Å². The molecule has 23 heavy (non-hydrogen) atoms. The maximum Gasteiger partial charge on any atom is 0.254 e. The molecule has 5 heteroatoms. The number of nitrogens with one attached hydrogen (secondary N) is 1. The third-order valence-corrected chi connectivity index (χ3v) is 3.63. The van der Waals surface area contributed by atoms with Gasteiger partial charge in [-0.2, -0.15) is 0 Å². The van der Waals surface area contributed by atoms with E-state index >= 15 is 0 Å². The van der Waals surface area contributed by atoms with Crippen molar-refractivity contribution in [2.75, 3.05) is 7.11 Å². The van der Waals surface area contributed by atoms with Crippen LogP contribution in [-0.2, 0) is 9.53 Å². The lowest BCUT2D eigenvalue weighted by atomic mass is 10.0. The summed E-state index contributed by atoms with van der Waals surface area (Å²) in [5, 5.41) is 13.0. The van der Waals surface area contributed by atoms with Crippen molar-refractivity contribution < 1.29 is 19.0 Å². The average Bonchev–Trinajstić information content (AvgIpc) is 2.56. The molecule has 3 atom stereocenters. The van der Waals surface area contributed by atoms with Crippen LogP contribution in [0.3, 0.4) is 0 Å². The van der Waals surface area contributed by atoms with Gasteiger partial charge in [-0.1, -0.05) is 42.5 Å². The predicted octanol–water partition coefficient (Wildman–Crippen LogP) is 2.75. The molecule has 1 amide bonds. The summed E-state index contributed by atoms with van der Waals surface area (Å²) in [6.07, 6.45) is -1.69. The van der Waals surface area contributed by atoms with Gasteiger partial charge in [0.05, 0.1) is 12.1 Å². The first-order valence-electron chi connectivity index (χ1n) is 7.34. The molecule has 0 aliphatic rings. The van der Waals surface area contributed by atoms with E-state index in [0.717, 1.165) is 5.56 Å². The maximum absolute atomic E-state index is 12.9. The first-order valence-corrected chi connectivity index (χ1v) is 7.34. The summed E-state index contributed by atoms with van der Waals surface area (Å²) in [6.45, 7) is 1.68. The van der Waals surface area contributed by atoms with E-state index < -0.39 is 18.2 Å². The Morgan fingerprint density at radius 2 is 1.70 bits per heavy atom. The van der Waals surface area contributed by atoms with E-state index in [1.165, 1.54) is 31.4 Å². The van der Waals surface area contributed by atoms with Crippen molar-refractivity contribution in [1.82, 2.24) is 5.32 Å². The lowest BCUT2D eigenvalue weighted by Crippen LogP contribution is -2.40. The minimum Gasteiger partial charge on any atom is -0.386 e. The Balaban J connectivity index is 2.04. The lowest BCUT2D eigenvalue weighted by molar-refractivity contribution is -0.132. The molecule has 0 fully saturated rings. The lowest BCUT2D eigenvalue weighted by Gasteiger charge is -2.23. The number of aliphatic hydroxyl groups is 1. The van der Waals surface area contributed by atoms with E-state index in [1.807, 2.05) is 18.2 Å². The monoisotopic (exact) mass is 317 g/mol. The topological polar surface area (TPSA) is 58.6 Å². The molecular formula is C18H20FNO3. The van der Waals surface area contributed by atoms with Crippen LogP contribution in [0.25, 0.3) is 0 Å². The van der Waals surface area contributed by atoms with E-state index in [2.05, 4.69) is 5.32 Å². The number of methoxy groups -OCH3 is 1. The molecule has 0 radical (unpaired) electrons. The second-order valence-corrected chi connectivity index (χ2v) is 5.32. The second kappa shape index (κ2) is 7.85. The average molecular weight is 317 g/mol. The number of ether oxygens (including phenoxy) is 1. The van der Waals surface area contributed by atoms with Crippen LogP contribution >= 0.6 is 0 Å². The zero-order valence-electron chi connectivity index (χ0n) is 13.1. The molecule has 2 aromatic rings. The SMILES string of the molecule is COC(C(=O)NC(C)C(O)c1ccc(F)cc1)c1ccccc1. The Morgan fingerprint density at radius 1 is 1.09 bits per heavy atom. The van der Waals surface area contributed by atoms with Gasteiger partial charge < -0.3 is 15.2 Å². The number of benzene rings is 2. The largest absolute Gasteiger partial charge is 0.386 e. The molecule has 122 valence electrons. The number of carbonyl (C=O) groups excluding carboxylic acids is 1. The van der Waals surface area contributed by atoms with Gasteiger partial charge in [0.15, 0.2) is 6.10 Å². The number of amides is 1. The van der Waals surface area contributed by atoms with Gasteiger partial charge in [-0.25, -0.2) is 4.39 Å². The first-order chi connectivity index (χ1) is 11.0. The highest BCUT2D eigenvalue weighted by Crippen LogP contribution is 2.20. The highest BCUT2D eigenvalue weighted by atomic mass is 19.1. The van der Waals surface area contributed by atoms with E-state index in [1.54, 1.807) is 19.1 Å². The van der Waals surface area contributed by atoms with Crippen LogP contribution in [0.15, 0.2) is 54.6 Å². The van der Waals surface area contributed by atoms with Crippen LogP contribution in [0.1, 0.15) is 30.3 Å². The van der Waals surface area contributed by atoms with Gasteiger partial charge in [0.2, 0.25) is 0 Å². The molecule has 0 aromatic heterocycles. The molecule has 0 heterocycles. The zero-order chi connectivity index (χ0) is 16.8. The molecule has 0 bridgehead atoms. The number of rotatable bonds is 6. The Hall–Kier alpha value is -2.24. The van der Waals surface area contributed by atoms with E-state index in [4.69, 9.17) is 4.74 Å². The van der Waals surface area contributed by atoms with E-state index in [0.29, 0.717) is 5.56 Å². The molecule has 0 aliphatic carbocycles. The summed E-state index contributed by atoms with van der Waals surface area (Å²) < 4.78 is 18.2. The summed E-state index contributed by atoms with van der Waals surface area (Å²) in [6, 6.07) is 14.1. The van der Waals surface area contributed by atoms with Crippen molar-refractivity contribution in [3.63, 3.8) is 0 Å². The summed E-state index contributed by atoms with van der Waals surface area (Å²) in [5.41, 5.74) is 1.27. The van der Waals surface area contributed by atoms with Crippen molar-refractivity contribution in [3.05, 3.63) is 71.5 Å². The molecule has 2 aromatic carbocycles. The van der Waals surface area contributed by atoms with Gasteiger partial charge >= 0.3 is 0 Å². The fraction of sp³-hybridized carbons (Fsp3) is 0.278. The smallest absolute Gasteiger partial charge is 0.254 e. The first kappa shape index (κ1) is 17.1. The normalized spacial score (nSPS) is 14.8. The maximum atomic E-state index is 12.9. The van der Waals surface area contributed by atoms with Gasteiger partial charge in [0.1, 0.15) is 5.82 Å². The molecule has 0 spiro atoms. The fourth-order valence-electron chi connectivity index (χ4n) is 2.35. The molecule has 2 rings (SSSR count). The molecule has 2 N–H and O–H groups in total. The number of hydrogen-bond donors (Lipinski definition) is 2. The van der Waals surface area contributed by atoms with Crippen molar-refractivity contribution in [2.24, 2.45) is 0 Å². The van der Waals surface area contributed by atoms with Gasteiger partial charge in [0, 0.05) is 7.11 Å². The highest BCUT2D eigenvalue weighted by Gasteiger charge is 2.24. The Bertz CT molecular complexity index is 630. The number of carbonyl (C=O) groups is 1. The van der Waals surface area contributed by atoms with E-state index in [-0.39, 0.29) is 11.7 Å². The minimum absolute atomic E-state index is 0.340. The molecular weight excluding hydrogens is 297 g/mol. The Morgan fingerprint density at radius 3 is 2.26 bits per heavy atom. The van der Waals surface area contributed by atoms with Crippen molar-refractivity contribution >= 4 is 5.91 Å². The van der Waals surface area contributed by atoms with Gasteiger partial charge in [-0.3, -0.25) is 4.79 Å². The fourth-order valence-corrected chi connectivity index (χ4v) is 2.35. The third kappa shape index (κ3) is 4.37. The highest BCUT2D eigenvalue weighted by molar-refractivity contribution is 5.82. The molecule has 3 unspecified atom stereocenters. The number of aliphatic hydroxyl groups excluding tert-OH is 1. The standard InChI is InChI=1S/C18H20FNO3/c1-12(16(21)13-8-10-15(19)11-9-13)20-18(22)17(23-2)14-6-4-3-5-7-14/h3-12,16-17,21H,1-2H3,(H,20,22). The Kier molecular flexibility index (Phi) is 5.84. The summed E-state index contributed by atoms with van der Waals surface area (Å²) in [7, 11) is 1.46. The molecule has 0 saturated carbocycles. The Labute approximate surface area is 134 Å². The second-order valence-electron chi connectivity index (χ2n) is 5.32. The van der Waals surface area contributed by atoms with Crippen molar-refractivity contribution in [2.45, 2.75) is 25.2 Å². The quantitative estimate of drug-likeness (QED) is 0.861. The third-order valence-electron chi connectivity index (χ3n) is 3.63. The molecule has 4 nitrogen and oxygen atoms in total. The van der Waals surface area contributed by atoms with Crippen LogP contribution in [0, 0.1) is 5.82 Å². The van der Waals surface area contributed by atoms with Crippen LogP contribution in [-0.4, -0.2) is 24.2 Å². The minimum atomic E-state index is -0.937. The predicted molar refractivity (Wildman–Crippen MR) is 85.2 cm³/mol. The van der Waals surface area contributed by atoms with Crippen LogP contribution in [0.2, 0.25) is 0 Å². The van der Waals surface area contributed by atoms with Crippen LogP contribution in [0.4, 0.5) is 4.39 Å². The van der Waals surface area contributed by atoms with Crippen molar-refractivity contribution in [1.29, 1.82) is 0 Å². The van der Waals surface area contributed by atoms with E-state index in [9.17, 15) is 14.3 Å². The zero-order valence-corrected chi connectivity index (χ0v) is 13.1. The summed E-state index contributed by atoms with van der Waals surface area (Å²) >= 11 is 0.